The fourth-order valence-corrected chi connectivity index (χ4v) is 2.65. The van der Waals surface area contributed by atoms with Gasteiger partial charge in [0, 0.05) is 12.1 Å². The van der Waals surface area contributed by atoms with Gasteiger partial charge in [-0.2, -0.15) is 0 Å². The number of halogens is 1. The van der Waals surface area contributed by atoms with Gasteiger partial charge < -0.3 is 11.1 Å². The van der Waals surface area contributed by atoms with Crippen molar-refractivity contribution in [2.24, 2.45) is 5.73 Å². The smallest absolute Gasteiger partial charge is 0.224 e. The Balaban J connectivity index is 1.93. The summed E-state index contributed by atoms with van der Waals surface area (Å²) in [5, 5.41) is 2.85. The van der Waals surface area contributed by atoms with E-state index in [2.05, 4.69) is 5.32 Å². The maximum absolute atomic E-state index is 13.3. The summed E-state index contributed by atoms with van der Waals surface area (Å²) >= 11 is 0. The van der Waals surface area contributed by atoms with Gasteiger partial charge in [-0.3, -0.25) is 4.79 Å². The molecule has 0 radical (unpaired) electrons. The minimum absolute atomic E-state index is 0.0497. The molecule has 21 heavy (non-hydrogen) atoms. The van der Waals surface area contributed by atoms with Crippen molar-refractivity contribution in [3.8, 4) is 0 Å². The van der Waals surface area contributed by atoms with Gasteiger partial charge in [0.2, 0.25) is 5.91 Å². The monoisotopic (exact) mass is 284 g/mol. The minimum atomic E-state index is -0.299. The van der Waals surface area contributed by atoms with Crippen molar-refractivity contribution in [3.63, 3.8) is 0 Å². The van der Waals surface area contributed by atoms with Gasteiger partial charge in [-0.25, -0.2) is 4.39 Å². The van der Waals surface area contributed by atoms with Crippen molar-refractivity contribution >= 4 is 11.6 Å². The minimum Gasteiger partial charge on any atom is -0.326 e. The van der Waals surface area contributed by atoms with Crippen molar-refractivity contribution in [3.05, 3.63) is 64.5 Å². The summed E-state index contributed by atoms with van der Waals surface area (Å²) in [6.45, 7) is 1.73. The highest BCUT2D eigenvalue weighted by molar-refractivity contribution is 5.93. The largest absolute Gasteiger partial charge is 0.326 e. The van der Waals surface area contributed by atoms with Crippen LogP contribution in [-0.2, 0) is 11.2 Å². The molecule has 1 heterocycles. The second-order valence-electron chi connectivity index (χ2n) is 5.45. The predicted molar refractivity (Wildman–Crippen MR) is 80.6 cm³/mol. The maximum Gasteiger partial charge on any atom is 0.224 e. The van der Waals surface area contributed by atoms with Crippen LogP contribution >= 0.6 is 0 Å². The Labute approximate surface area is 123 Å². The second-order valence-corrected chi connectivity index (χ2v) is 5.45. The van der Waals surface area contributed by atoms with E-state index >= 15 is 0 Å². The fourth-order valence-electron chi connectivity index (χ4n) is 2.65. The molecule has 108 valence electrons. The van der Waals surface area contributed by atoms with Crippen LogP contribution in [0.15, 0.2) is 36.4 Å². The number of carbonyl (C=O) groups is 1. The van der Waals surface area contributed by atoms with E-state index in [1.54, 1.807) is 19.1 Å². The molecule has 0 saturated carbocycles. The Bertz CT molecular complexity index is 712. The summed E-state index contributed by atoms with van der Waals surface area (Å²) in [6.07, 6.45) is 1.23. The Morgan fingerprint density at radius 3 is 2.62 bits per heavy atom. The van der Waals surface area contributed by atoms with Crippen LogP contribution in [0.3, 0.4) is 0 Å². The van der Waals surface area contributed by atoms with Crippen LogP contribution in [0.5, 0.6) is 0 Å². The molecule has 0 fully saturated rings. The molecule has 2 aromatic rings. The van der Waals surface area contributed by atoms with Crippen molar-refractivity contribution in [2.45, 2.75) is 25.8 Å². The number of aryl methyl sites for hydroxylation is 2. The topological polar surface area (TPSA) is 55.1 Å². The summed E-state index contributed by atoms with van der Waals surface area (Å²) in [5.41, 5.74) is 10.7. The average Bonchev–Trinajstić information content (AvgIpc) is 2.49. The molecule has 1 atom stereocenters. The molecule has 0 aliphatic carbocycles. The Morgan fingerprint density at radius 2 is 1.86 bits per heavy atom. The number of fused-ring (bicyclic) bond motifs is 1. The highest BCUT2D eigenvalue weighted by Crippen LogP contribution is 2.28. The van der Waals surface area contributed by atoms with E-state index in [1.807, 2.05) is 18.2 Å². The first-order valence-corrected chi connectivity index (χ1v) is 6.99. The number of benzene rings is 2. The van der Waals surface area contributed by atoms with Gasteiger partial charge in [-0.15, -0.1) is 0 Å². The summed E-state index contributed by atoms with van der Waals surface area (Å²) in [7, 11) is 0. The SMILES string of the molecule is Cc1cc(C(N)c2ccc3c(c2)CCC(=O)N3)ccc1F. The fraction of sp³-hybridized carbons (Fsp3) is 0.235. The average molecular weight is 284 g/mol. The maximum atomic E-state index is 13.3. The van der Waals surface area contributed by atoms with Gasteiger partial charge in [0.05, 0.1) is 6.04 Å². The summed E-state index contributed by atoms with van der Waals surface area (Å²) in [5.74, 6) is -0.173. The lowest BCUT2D eigenvalue weighted by Gasteiger charge is -2.20. The van der Waals surface area contributed by atoms with E-state index in [1.165, 1.54) is 6.07 Å². The molecule has 0 bridgehead atoms. The summed E-state index contributed by atoms with van der Waals surface area (Å²) in [4.78, 5) is 11.4. The normalized spacial score (nSPS) is 15.3. The molecule has 0 spiro atoms. The second kappa shape index (κ2) is 5.30. The number of nitrogens with two attached hydrogens (primary N) is 1. The number of carbonyl (C=O) groups excluding carboxylic acids is 1. The lowest BCUT2D eigenvalue weighted by atomic mass is 9.93. The van der Waals surface area contributed by atoms with Gasteiger partial charge in [-0.05, 0) is 47.7 Å². The van der Waals surface area contributed by atoms with Crippen molar-refractivity contribution < 1.29 is 9.18 Å². The van der Waals surface area contributed by atoms with Crippen LogP contribution < -0.4 is 11.1 Å². The van der Waals surface area contributed by atoms with Gasteiger partial charge >= 0.3 is 0 Å². The first-order chi connectivity index (χ1) is 10.0. The molecule has 4 heteroatoms. The number of hydrogen-bond donors (Lipinski definition) is 2. The molecule has 3 N–H and O–H groups in total. The molecular formula is C17H17FN2O. The first-order valence-electron chi connectivity index (χ1n) is 6.99. The quantitative estimate of drug-likeness (QED) is 0.890. The predicted octanol–water partition coefficient (Wildman–Crippen LogP) is 3.07. The van der Waals surface area contributed by atoms with E-state index in [-0.39, 0.29) is 17.8 Å². The molecule has 3 rings (SSSR count). The molecular weight excluding hydrogens is 267 g/mol. The number of rotatable bonds is 2. The van der Waals surface area contributed by atoms with Crippen LogP contribution in [-0.4, -0.2) is 5.91 Å². The lowest BCUT2D eigenvalue weighted by molar-refractivity contribution is -0.116. The van der Waals surface area contributed by atoms with Gasteiger partial charge in [-0.1, -0.05) is 24.3 Å². The Hall–Kier alpha value is -2.20. The van der Waals surface area contributed by atoms with Crippen LogP contribution in [0.4, 0.5) is 10.1 Å². The van der Waals surface area contributed by atoms with Gasteiger partial charge in [0.25, 0.3) is 0 Å². The van der Waals surface area contributed by atoms with Crippen molar-refractivity contribution in [2.75, 3.05) is 5.32 Å². The summed E-state index contributed by atoms with van der Waals surface area (Å²) in [6, 6.07) is 10.5. The standard InChI is InChI=1S/C17H17FN2O/c1-10-8-12(2-5-14(10)18)17(19)13-3-6-15-11(9-13)4-7-16(21)20-15/h2-3,5-6,8-9,17H,4,7,19H2,1H3,(H,20,21). The molecule has 1 aliphatic heterocycles. The Kier molecular flexibility index (Phi) is 3.47. The zero-order chi connectivity index (χ0) is 15.0. The lowest BCUT2D eigenvalue weighted by Crippen LogP contribution is -2.20. The number of amides is 1. The molecule has 2 aromatic carbocycles. The highest BCUT2D eigenvalue weighted by atomic mass is 19.1. The van der Waals surface area contributed by atoms with Crippen LogP contribution in [0, 0.1) is 12.7 Å². The third-order valence-corrected chi connectivity index (χ3v) is 3.93. The van der Waals surface area contributed by atoms with Gasteiger partial charge in [0.1, 0.15) is 5.82 Å². The van der Waals surface area contributed by atoms with E-state index in [0.717, 1.165) is 28.8 Å². The highest BCUT2D eigenvalue weighted by Gasteiger charge is 2.17. The number of hydrogen-bond acceptors (Lipinski definition) is 2. The third-order valence-electron chi connectivity index (χ3n) is 3.93. The molecule has 0 aromatic heterocycles. The third kappa shape index (κ3) is 2.67. The van der Waals surface area contributed by atoms with E-state index in [0.29, 0.717) is 12.0 Å². The van der Waals surface area contributed by atoms with E-state index in [4.69, 9.17) is 5.73 Å². The van der Waals surface area contributed by atoms with E-state index < -0.39 is 0 Å². The zero-order valence-corrected chi connectivity index (χ0v) is 11.8. The molecule has 1 amide bonds. The molecule has 3 nitrogen and oxygen atoms in total. The van der Waals surface area contributed by atoms with Crippen molar-refractivity contribution in [1.82, 2.24) is 0 Å². The summed E-state index contributed by atoms with van der Waals surface area (Å²) < 4.78 is 13.3. The molecule has 1 aliphatic rings. The van der Waals surface area contributed by atoms with Crippen molar-refractivity contribution in [1.29, 1.82) is 0 Å². The molecule has 0 saturated heterocycles. The van der Waals surface area contributed by atoms with Crippen LogP contribution in [0.25, 0.3) is 0 Å². The first kappa shape index (κ1) is 13.8. The van der Waals surface area contributed by atoms with Gasteiger partial charge in [0.15, 0.2) is 0 Å². The number of anilines is 1. The Morgan fingerprint density at radius 1 is 1.14 bits per heavy atom. The van der Waals surface area contributed by atoms with E-state index in [9.17, 15) is 9.18 Å². The van der Waals surface area contributed by atoms with Crippen LogP contribution in [0.1, 0.15) is 34.7 Å². The molecule has 1 unspecified atom stereocenters. The zero-order valence-electron chi connectivity index (χ0n) is 11.8. The van der Waals surface area contributed by atoms with Crippen LogP contribution in [0.2, 0.25) is 0 Å². The number of nitrogens with one attached hydrogen (secondary N) is 1.